The Bertz CT molecular complexity index is 2080. The number of nitriles is 1. The molecule has 1 saturated carbocycles. The molecule has 3 fully saturated rings. The number of nitrogens with two attached hydrogens (primary N) is 1. The SMILES string of the molecule is COc1cc(C(=O)N2CCCC(N)C2)cc2nc(-c3cc4ccccc4n3CC3CC3)n(CC3CN(C(=O)c4ccc(C#N)cc4)C3)c12. The number of ether oxygens (including phenoxy) is 1. The Labute approximate surface area is 279 Å². The van der Waals surface area contributed by atoms with E-state index >= 15 is 0 Å². The number of fused-ring (bicyclic) bond motifs is 2. The number of imidazole rings is 1. The summed E-state index contributed by atoms with van der Waals surface area (Å²) < 4.78 is 10.6. The third-order valence-corrected chi connectivity index (χ3v) is 10.1. The second kappa shape index (κ2) is 12.1. The van der Waals surface area contributed by atoms with E-state index in [1.54, 1.807) is 31.4 Å². The van der Waals surface area contributed by atoms with Crippen molar-refractivity contribution in [2.75, 3.05) is 33.3 Å². The van der Waals surface area contributed by atoms with Gasteiger partial charge in [0.2, 0.25) is 0 Å². The van der Waals surface area contributed by atoms with Gasteiger partial charge in [0.1, 0.15) is 11.3 Å². The molecular formula is C38H39N7O3. The van der Waals surface area contributed by atoms with E-state index in [2.05, 4.69) is 45.5 Å². The Morgan fingerprint density at radius 1 is 0.896 bits per heavy atom. The van der Waals surface area contributed by atoms with E-state index in [0.717, 1.165) is 36.4 Å². The number of likely N-dealkylation sites (tertiary alicyclic amines) is 2. The van der Waals surface area contributed by atoms with Gasteiger partial charge in [-0.2, -0.15) is 5.26 Å². The first kappa shape index (κ1) is 30.2. The van der Waals surface area contributed by atoms with Crippen LogP contribution in [-0.4, -0.2) is 75.1 Å². The highest BCUT2D eigenvalue weighted by Crippen LogP contribution is 2.39. The van der Waals surface area contributed by atoms with Gasteiger partial charge in [-0.25, -0.2) is 4.98 Å². The number of benzene rings is 3. The number of aromatic nitrogens is 3. The molecule has 10 heteroatoms. The van der Waals surface area contributed by atoms with Gasteiger partial charge in [-0.05, 0) is 80.1 Å². The molecule has 48 heavy (non-hydrogen) atoms. The molecule has 1 atom stereocenters. The van der Waals surface area contributed by atoms with Crippen molar-refractivity contribution in [3.05, 3.63) is 83.4 Å². The van der Waals surface area contributed by atoms with Crippen LogP contribution < -0.4 is 10.5 Å². The Hall–Kier alpha value is -5.14. The number of piperidine rings is 1. The molecule has 244 valence electrons. The molecule has 2 aromatic heterocycles. The molecule has 1 aliphatic carbocycles. The minimum absolute atomic E-state index is 0.0154. The summed E-state index contributed by atoms with van der Waals surface area (Å²) in [6.07, 6.45) is 4.27. The number of rotatable bonds is 8. The van der Waals surface area contributed by atoms with E-state index in [1.165, 1.54) is 23.7 Å². The van der Waals surface area contributed by atoms with Gasteiger partial charge in [-0.15, -0.1) is 0 Å². The summed E-state index contributed by atoms with van der Waals surface area (Å²) in [6, 6.07) is 23.3. The number of carbonyl (C=O) groups is 2. The van der Waals surface area contributed by atoms with Crippen molar-refractivity contribution in [1.82, 2.24) is 23.9 Å². The molecule has 0 radical (unpaired) electrons. The average Bonchev–Trinajstić information content (AvgIpc) is 3.75. The van der Waals surface area contributed by atoms with Crippen molar-refractivity contribution in [2.24, 2.45) is 17.6 Å². The summed E-state index contributed by atoms with van der Waals surface area (Å²) in [7, 11) is 1.64. The molecule has 4 heterocycles. The highest BCUT2D eigenvalue weighted by atomic mass is 16.5. The largest absolute Gasteiger partial charge is 0.494 e. The maximum atomic E-state index is 13.7. The molecule has 2 N–H and O–H groups in total. The van der Waals surface area contributed by atoms with Crippen LogP contribution in [0.3, 0.4) is 0 Å². The van der Waals surface area contributed by atoms with Crippen molar-refractivity contribution < 1.29 is 14.3 Å². The summed E-state index contributed by atoms with van der Waals surface area (Å²) in [5.41, 5.74) is 11.7. The fraction of sp³-hybridized carbons (Fsp3) is 0.368. The second-order valence-electron chi connectivity index (χ2n) is 13.7. The predicted octanol–water partition coefficient (Wildman–Crippen LogP) is 5.28. The van der Waals surface area contributed by atoms with Crippen molar-refractivity contribution in [3.8, 4) is 23.3 Å². The lowest BCUT2D eigenvalue weighted by Crippen LogP contribution is -2.51. The molecule has 2 saturated heterocycles. The number of carbonyl (C=O) groups excluding carboxylic acids is 2. The molecule has 10 nitrogen and oxygen atoms in total. The van der Waals surface area contributed by atoms with Gasteiger partial charge in [0, 0.05) is 73.3 Å². The zero-order chi connectivity index (χ0) is 32.9. The summed E-state index contributed by atoms with van der Waals surface area (Å²) in [5.74, 6) is 2.20. The van der Waals surface area contributed by atoms with Crippen molar-refractivity contribution in [1.29, 1.82) is 5.26 Å². The van der Waals surface area contributed by atoms with E-state index in [4.69, 9.17) is 20.7 Å². The van der Waals surface area contributed by atoms with E-state index in [1.807, 2.05) is 21.9 Å². The van der Waals surface area contributed by atoms with Crippen LogP contribution in [-0.2, 0) is 13.1 Å². The number of para-hydroxylation sites is 1. The van der Waals surface area contributed by atoms with Gasteiger partial charge >= 0.3 is 0 Å². The van der Waals surface area contributed by atoms with Crippen LogP contribution in [0.5, 0.6) is 5.75 Å². The molecular weight excluding hydrogens is 602 g/mol. The first-order valence-electron chi connectivity index (χ1n) is 16.9. The third-order valence-electron chi connectivity index (χ3n) is 10.1. The minimum Gasteiger partial charge on any atom is -0.494 e. The zero-order valence-electron chi connectivity index (χ0n) is 27.1. The predicted molar refractivity (Wildman–Crippen MR) is 184 cm³/mol. The highest BCUT2D eigenvalue weighted by Gasteiger charge is 2.34. The van der Waals surface area contributed by atoms with Crippen molar-refractivity contribution in [2.45, 2.75) is 44.8 Å². The minimum atomic E-state index is -0.0553. The first-order valence-corrected chi connectivity index (χ1v) is 16.9. The zero-order valence-corrected chi connectivity index (χ0v) is 27.1. The Morgan fingerprint density at radius 3 is 2.38 bits per heavy atom. The van der Waals surface area contributed by atoms with Gasteiger partial charge in [-0.1, -0.05) is 18.2 Å². The van der Waals surface area contributed by atoms with E-state index in [0.29, 0.717) is 66.6 Å². The molecule has 5 aromatic rings. The molecule has 2 aliphatic heterocycles. The summed E-state index contributed by atoms with van der Waals surface area (Å²) in [5, 5.41) is 10.3. The fourth-order valence-electron chi connectivity index (χ4n) is 7.39. The lowest BCUT2D eigenvalue weighted by molar-refractivity contribution is 0.0471. The van der Waals surface area contributed by atoms with Crippen LogP contribution in [0.15, 0.2) is 66.7 Å². The van der Waals surface area contributed by atoms with Gasteiger partial charge < -0.3 is 29.4 Å². The average molecular weight is 642 g/mol. The maximum Gasteiger partial charge on any atom is 0.254 e. The third kappa shape index (κ3) is 5.48. The van der Waals surface area contributed by atoms with Gasteiger partial charge in [0.15, 0.2) is 5.82 Å². The van der Waals surface area contributed by atoms with Crippen molar-refractivity contribution >= 4 is 33.8 Å². The Kier molecular flexibility index (Phi) is 7.64. The van der Waals surface area contributed by atoms with E-state index < -0.39 is 0 Å². The molecule has 0 spiro atoms. The molecule has 2 amide bonds. The standard InChI is InChI=1S/C38H39N7O3/c1-48-34-17-29(38(47)42-14-4-6-30(40)23-42)15-31-35(34)45(22-26-19-43(20-26)37(46)27-12-10-24(18-39)11-13-27)36(41-31)33-16-28-5-2-3-7-32(28)44(33)21-25-8-9-25/h2-3,5,7,10-13,15-17,25-26,30H,4,6,8-9,14,19-23,40H2,1H3. The molecule has 3 aliphatic rings. The smallest absolute Gasteiger partial charge is 0.254 e. The van der Waals surface area contributed by atoms with Crippen LogP contribution in [0.25, 0.3) is 33.5 Å². The quantitative estimate of drug-likeness (QED) is 0.246. The topological polar surface area (TPSA) is 122 Å². The number of nitrogens with zero attached hydrogens (tertiary/aromatic N) is 6. The van der Waals surface area contributed by atoms with Gasteiger partial charge in [-0.3, -0.25) is 9.59 Å². The molecule has 8 rings (SSSR count). The summed E-state index contributed by atoms with van der Waals surface area (Å²) in [6.45, 7) is 4.01. The van der Waals surface area contributed by atoms with E-state index in [9.17, 15) is 9.59 Å². The lowest BCUT2D eigenvalue weighted by Gasteiger charge is -2.40. The Balaban J connectivity index is 1.18. The molecule has 0 bridgehead atoms. The van der Waals surface area contributed by atoms with Gasteiger partial charge in [0.05, 0.1) is 30.0 Å². The first-order chi connectivity index (χ1) is 23.4. The van der Waals surface area contributed by atoms with Crippen molar-refractivity contribution in [3.63, 3.8) is 0 Å². The number of hydrogen-bond donors (Lipinski definition) is 1. The maximum absolute atomic E-state index is 13.7. The van der Waals surface area contributed by atoms with E-state index in [-0.39, 0.29) is 23.8 Å². The second-order valence-corrected chi connectivity index (χ2v) is 13.7. The molecule has 1 unspecified atom stereocenters. The monoisotopic (exact) mass is 641 g/mol. The number of amides is 2. The lowest BCUT2D eigenvalue weighted by atomic mass is 9.98. The highest BCUT2D eigenvalue weighted by molar-refractivity contribution is 6.00. The summed E-state index contributed by atoms with van der Waals surface area (Å²) >= 11 is 0. The summed E-state index contributed by atoms with van der Waals surface area (Å²) in [4.78, 5) is 35.9. The van der Waals surface area contributed by atoms with Gasteiger partial charge in [0.25, 0.3) is 11.8 Å². The van der Waals surface area contributed by atoms with Crippen LogP contribution in [0, 0.1) is 23.2 Å². The van der Waals surface area contributed by atoms with Crippen LogP contribution in [0.2, 0.25) is 0 Å². The fourth-order valence-corrected chi connectivity index (χ4v) is 7.39. The Morgan fingerprint density at radius 2 is 1.65 bits per heavy atom. The number of methoxy groups -OCH3 is 1. The van der Waals surface area contributed by atoms with Crippen LogP contribution in [0.1, 0.15) is 52.0 Å². The molecule has 3 aromatic carbocycles. The number of hydrogen-bond acceptors (Lipinski definition) is 6. The normalized spacial score (nSPS) is 18.2. The van der Waals surface area contributed by atoms with Crippen LogP contribution >= 0.6 is 0 Å². The van der Waals surface area contributed by atoms with Crippen LogP contribution in [0.4, 0.5) is 0 Å².